The van der Waals surface area contributed by atoms with E-state index in [0.717, 1.165) is 35.9 Å². The molecule has 2 heterocycles. The molecule has 0 saturated heterocycles. The van der Waals surface area contributed by atoms with E-state index in [-0.39, 0.29) is 5.62 Å². The van der Waals surface area contributed by atoms with Crippen LogP contribution >= 0.6 is 31.9 Å². The van der Waals surface area contributed by atoms with Crippen molar-refractivity contribution in [1.82, 2.24) is 9.55 Å². The van der Waals surface area contributed by atoms with E-state index in [4.69, 9.17) is 10.8 Å². The van der Waals surface area contributed by atoms with Crippen molar-refractivity contribution in [3.05, 3.63) is 56.3 Å². The Morgan fingerprint density at radius 2 is 2.00 bits per heavy atom. The molecule has 2 aromatic carbocycles. The lowest BCUT2D eigenvalue weighted by atomic mass is 10.0. The van der Waals surface area contributed by atoms with Crippen LogP contribution in [-0.4, -0.2) is 22.4 Å². The molecular weight excluding hydrogens is 465 g/mol. The number of benzene rings is 2. The van der Waals surface area contributed by atoms with Crippen molar-refractivity contribution in [2.75, 3.05) is 11.4 Å². The Morgan fingerprint density at radius 3 is 2.77 bits per heavy atom. The largest absolute Gasteiger partial charge is 0.325 e. The van der Waals surface area contributed by atoms with Gasteiger partial charge in [-0.3, -0.25) is 15.4 Å². The third kappa shape index (κ3) is 2.77. The quantitative estimate of drug-likeness (QED) is 0.413. The van der Waals surface area contributed by atoms with Gasteiger partial charge in [0.15, 0.2) is 0 Å². The van der Waals surface area contributed by atoms with Crippen molar-refractivity contribution in [2.24, 2.45) is 0 Å². The number of rotatable bonds is 2. The highest BCUT2D eigenvalue weighted by Gasteiger charge is 2.23. The molecule has 1 aliphatic rings. The fourth-order valence-corrected chi connectivity index (χ4v) is 4.03. The molecule has 0 radical (unpaired) electrons. The van der Waals surface area contributed by atoms with E-state index in [0.29, 0.717) is 21.2 Å². The highest BCUT2D eigenvalue weighted by atomic mass is 79.9. The SMILES string of the molecule is N=Cn1c(=N)nc(N2CCCc3ccc(Br)cc32)c2cc(F)c(Br)cc21. The maximum Gasteiger partial charge on any atom is 0.229 e. The molecule has 2 N–H and O–H groups in total. The minimum absolute atomic E-state index is 0.0665. The van der Waals surface area contributed by atoms with Gasteiger partial charge in [-0.25, -0.2) is 4.39 Å². The summed E-state index contributed by atoms with van der Waals surface area (Å²) >= 11 is 6.71. The first-order valence-electron chi connectivity index (χ1n) is 8.02. The maximum absolute atomic E-state index is 14.3. The summed E-state index contributed by atoms with van der Waals surface area (Å²) in [5, 5.41) is 16.4. The van der Waals surface area contributed by atoms with E-state index >= 15 is 0 Å². The standard InChI is InChI=1S/C18H14Br2FN5/c19-11-4-3-10-2-1-5-25(15(10)6-11)17-12-7-14(21)13(20)8-16(12)26(9-22)18(23)24-17/h3-4,6-9,22-23H,1-2,5H2. The molecule has 1 aromatic heterocycles. The summed E-state index contributed by atoms with van der Waals surface area (Å²) in [5.41, 5.74) is 2.70. The van der Waals surface area contributed by atoms with Gasteiger partial charge >= 0.3 is 0 Å². The summed E-state index contributed by atoms with van der Waals surface area (Å²) in [6.45, 7) is 0.733. The van der Waals surface area contributed by atoms with E-state index < -0.39 is 5.82 Å². The Balaban J connectivity index is 2.05. The first kappa shape index (κ1) is 17.4. The van der Waals surface area contributed by atoms with Crippen molar-refractivity contribution in [1.29, 1.82) is 10.8 Å². The number of anilines is 2. The molecule has 0 unspecified atom stereocenters. The second-order valence-electron chi connectivity index (χ2n) is 6.07. The average Bonchev–Trinajstić information content (AvgIpc) is 2.62. The van der Waals surface area contributed by atoms with E-state index in [9.17, 15) is 4.39 Å². The van der Waals surface area contributed by atoms with Gasteiger partial charge in [-0.1, -0.05) is 22.0 Å². The molecular formula is C18H14Br2FN5. The van der Waals surface area contributed by atoms with Crippen molar-refractivity contribution in [3.8, 4) is 0 Å². The summed E-state index contributed by atoms with van der Waals surface area (Å²) in [5.74, 6) is 0.134. The molecule has 4 rings (SSSR count). The number of nitrogens with zero attached hydrogens (tertiary/aromatic N) is 3. The van der Waals surface area contributed by atoms with Crippen LogP contribution in [0.2, 0.25) is 0 Å². The van der Waals surface area contributed by atoms with E-state index in [2.05, 4.69) is 42.9 Å². The summed E-state index contributed by atoms with van der Waals surface area (Å²) in [6, 6.07) is 9.11. The van der Waals surface area contributed by atoms with Crippen LogP contribution in [-0.2, 0) is 6.42 Å². The Hall–Kier alpha value is -2.06. The van der Waals surface area contributed by atoms with Crippen molar-refractivity contribution in [3.63, 3.8) is 0 Å². The molecule has 0 amide bonds. The normalized spacial score (nSPS) is 13.7. The monoisotopic (exact) mass is 477 g/mol. The molecule has 1 aliphatic heterocycles. The van der Waals surface area contributed by atoms with E-state index in [1.54, 1.807) is 6.07 Å². The topological polar surface area (TPSA) is 68.8 Å². The van der Waals surface area contributed by atoms with Gasteiger partial charge in [0.1, 0.15) is 11.6 Å². The van der Waals surface area contributed by atoms with Gasteiger partial charge in [-0.05, 0) is 58.6 Å². The minimum Gasteiger partial charge on any atom is -0.325 e. The average molecular weight is 479 g/mol. The minimum atomic E-state index is -0.402. The third-order valence-corrected chi connectivity index (χ3v) is 5.63. The van der Waals surface area contributed by atoms with Crippen LogP contribution in [0.3, 0.4) is 0 Å². The molecule has 0 fully saturated rings. The maximum atomic E-state index is 14.3. The molecule has 0 atom stereocenters. The van der Waals surface area contributed by atoms with Crippen LogP contribution in [0.1, 0.15) is 12.0 Å². The van der Waals surface area contributed by atoms with Gasteiger partial charge in [-0.2, -0.15) is 4.98 Å². The fourth-order valence-electron chi connectivity index (χ4n) is 3.35. The van der Waals surface area contributed by atoms with Gasteiger partial charge in [0, 0.05) is 22.1 Å². The second-order valence-corrected chi connectivity index (χ2v) is 7.84. The first-order chi connectivity index (χ1) is 12.5. The molecule has 132 valence electrons. The van der Waals surface area contributed by atoms with E-state index in [1.807, 2.05) is 17.0 Å². The fraction of sp³-hybridized carbons (Fsp3) is 0.167. The van der Waals surface area contributed by atoms with Crippen LogP contribution in [0.25, 0.3) is 10.9 Å². The Kier molecular flexibility index (Phi) is 4.40. The highest BCUT2D eigenvalue weighted by Crippen LogP contribution is 2.37. The Labute approximate surface area is 165 Å². The first-order valence-corrected chi connectivity index (χ1v) is 9.60. The van der Waals surface area contributed by atoms with Gasteiger partial charge in [0.25, 0.3) is 0 Å². The Morgan fingerprint density at radius 1 is 1.19 bits per heavy atom. The lowest BCUT2D eigenvalue weighted by molar-refractivity contribution is 0.622. The van der Waals surface area contributed by atoms with Crippen LogP contribution in [0, 0.1) is 16.6 Å². The van der Waals surface area contributed by atoms with Crippen LogP contribution in [0.4, 0.5) is 15.9 Å². The summed E-state index contributed by atoms with van der Waals surface area (Å²) < 4.78 is 16.9. The third-order valence-electron chi connectivity index (χ3n) is 4.53. The summed E-state index contributed by atoms with van der Waals surface area (Å²) in [7, 11) is 0. The van der Waals surface area contributed by atoms with Crippen molar-refractivity contribution in [2.45, 2.75) is 12.8 Å². The summed E-state index contributed by atoms with van der Waals surface area (Å²) in [4.78, 5) is 6.44. The number of aromatic nitrogens is 2. The van der Waals surface area contributed by atoms with Gasteiger partial charge in [-0.15, -0.1) is 0 Å². The lowest BCUT2D eigenvalue weighted by Gasteiger charge is -2.31. The number of aryl methyl sites for hydroxylation is 1. The van der Waals surface area contributed by atoms with Crippen LogP contribution in [0.5, 0.6) is 0 Å². The predicted octanol–water partition coefficient (Wildman–Crippen LogP) is 4.72. The van der Waals surface area contributed by atoms with E-state index in [1.165, 1.54) is 16.2 Å². The predicted molar refractivity (Wildman–Crippen MR) is 107 cm³/mol. The van der Waals surface area contributed by atoms with Gasteiger partial charge in [0.05, 0.1) is 16.3 Å². The molecule has 8 heteroatoms. The molecule has 5 nitrogen and oxygen atoms in total. The zero-order chi connectivity index (χ0) is 18.4. The molecule has 0 spiro atoms. The zero-order valence-corrected chi connectivity index (χ0v) is 16.7. The Bertz CT molecular complexity index is 1110. The van der Waals surface area contributed by atoms with Crippen molar-refractivity contribution >= 4 is 60.6 Å². The zero-order valence-electron chi connectivity index (χ0n) is 13.6. The molecule has 0 aliphatic carbocycles. The number of hydrogen-bond acceptors (Lipinski definition) is 4. The molecule has 0 bridgehead atoms. The van der Waals surface area contributed by atoms with Crippen molar-refractivity contribution < 1.29 is 4.39 Å². The van der Waals surface area contributed by atoms with Crippen LogP contribution < -0.4 is 10.5 Å². The highest BCUT2D eigenvalue weighted by molar-refractivity contribution is 9.10. The van der Waals surface area contributed by atoms with Gasteiger partial charge < -0.3 is 4.90 Å². The summed E-state index contributed by atoms with van der Waals surface area (Å²) in [6.07, 6.45) is 2.94. The second kappa shape index (κ2) is 6.59. The molecule has 26 heavy (non-hydrogen) atoms. The molecule has 0 saturated carbocycles. The smallest absolute Gasteiger partial charge is 0.229 e. The number of fused-ring (bicyclic) bond motifs is 2. The number of halogens is 3. The van der Waals surface area contributed by atoms with Crippen LogP contribution in [0.15, 0.2) is 39.3 Å². The number of nitrogens with one attached hydrogen (secondary N) is 2. The van der Waals surface area contributed by atoms with Gasteiger partial charge in [0.2, 0.25) is 5.62 Å². The number of hydrogen-bond donors (Lipinski definition) is 2. The lowest BCUT2D eigenvalue weighted by Crippen LogP contribution is -2.31. The molecule has 3 aromatic rings.